The number of ether oxygens (including phenoxy) is 6. The van der Waals surface area contributed by atoms with Crippen LogP contribution in [0.2, 0.25) is 0 Å². The van der Waals surface area contributed by atoms with Crippen molar-refractivity contribution in [1.82, 2.24) is 9.13 Å². The summed E-state index contributed by atoms with van der Waals surface area (Å²) in [5.74, 6) is -1.40. The SMILES string of the molecule is CCOC(=O)Oc1c2c(cc3c4cc(C(=O)OCC)ccc4n(C(=O)OC(C)(C)C)c13)c1cc(C(=O)OCC)ccc1n2C(=O)OC(C)(C)C. The van der Waals surface area contributed by atoms with Crippen LogP contribution in [0, 0.1) is 0 Å². The lowest BCUT2D eigenvalue weighted by molar-refractivity contribution is 0.0517. The molecule has 2 heterocycles. The minimum Gasteiger partial charge on any atom is -0.462 e. The highest BCUT2D eigenvalue weighted by molar-refractivity contribution is 6.26. The van der Waals surface area contributed by atoms with Gasteiger partial charge in [-0.25, -0.2) is 33.1 Å². The molecule has 0 aliphatic carbocycles. The molecule has 0 unspecified atom stereocenters. The molecule has 0 aliphatic heterocycles. The number of carbonyl (C=O) groups excluding carboxylic acids is 5. The Labute approximate surface area is 287 Å². The van der Waals surface area contributed by atoms with Crippen molar-refractivity contribution in [3.05, 3.63) is 53.6 Å². The molecule has 50 heavy (non-hydrogen) atoms. The van der Waals surface area contributed by atoms with Crippen LogP contribution in [0.5, 0.6) is 5.75 Å². The molecule has 0 amide bonds. The summed E-state index contributed by atoms with van der Waals surface area (Å²) in [7, 11) is 0. The zero-order chi connectivity index (χ0) is 36.7. The molecule has 13 nitrogen and oxygen atoms in total. The number of hydrogen-bond donors (Lipinski definition) is 0. The van der Waals surface area contributed by atoms with Crippen molar-refractivity contribution < 1.29 is 52.4 Å². The predicted octanol–water partition coefficient (Wildman–Crippen LogP) is 8.36. The van der Waals surface area contributed by atoms with Crippen molar-refractivity contribution >= 4 is 73.9 Å². The third-order valence-electron chi connectivity index (χ3n) is 7.35. The maximum Gasteiger partial charge on any atom is 0.513 e. The van der Waals surface area contributed by atoms with E-state index >= 15 is 0 Å². The van der Waals surface area contributed by atoms with Gasteiger partial charge in [-0.3, -0.25) is 0 Å². The Hall–Kier alpha value is -5.59. The molecule has 264 valence electrons. The Morgan fingerprint density at radius 1 is 0.560 bits per heavy atom. The highest BCUT2D eigenvalue weighted by atomic mass is 16.7. The van der Waals surface area contributed by atoms with E-state index in [1.807, 2.05) is 0 Å². The minimum absolute atomic E-state index is 0.0339. The lowest BCUT2D eigenvalue weighted by atomic mass is 10.0. The second kappa shape index (κ2) is 13.4. The lowest BCUT2D eigenvalue weighted by Crippen LogP contribution is -2.28. The molecule has 5 rings (SSSR count). The van der Waals surface area contributed by atoms with Crippen LogP contribution >= 0.6 is 0 Å². The second-order valence-corrected chi connectivity index (χ2v) is 13.3. The molecule has 0 saturated heterocycles. The van der Waals surface area contributed by atoms with Gasteiger partial charge in [-0.2, -0.15) is 0 Å². The topological polar surface area (TPSA) is 151 Å². The number of hydrogen-bond acceptors (Lipinski definition) is 11. The number of rotatable bonds is 6. The minimum atomic E-state index is -1.11. The van der Waals surface area contributed by atoms with Gasteiger partial charge in [-0.1, -0.05) is 0 Å². The Balaban J connectivity index is 2.04. The van der Waals surface area contributed by atoms with E-state index in [1.54, 1.807) is 92.6 Å². The van der Waals surface area contributed by atoms with Crippen molar-refractivity contribution in [2.24, 2.45) is 0 Å². The summed E-state index contributed by atoms with van der Waals surface area (Å²) >= 11 is 0. The van der Waals surface area contributed by atoms with E-state index in [1.165, 1.54) is 21.3 Å². The van der Waals surface area contributed by atoms with Gasteiger partial charge in [0.1, 0.15) is 22.2 Å². The molecule has 0 aliphatic rings. The maximum absolute atomic E-state index is 14.1. The van der Waals surface area contributed by atoms with Gasteiger partial charge in [0, 0.05) is 21.5 Å². The van der Waals surface area contributed by atoms with Crippen LogP contribution in [0.3, 0.4) is 0 Å². The maximum atomic E-state index is 14.1. The van der Waals surface area contributed by atoms with Crippen molar-refractivity contribution in [3.63, 3.8) is 0 Å². The smallest absolute Gasteiger partial charge is 0.462 e. The van der Waals surface area contributed by atoms with Crippen molar-refractivity contribution in [2.75, 3.05) is 19.8 Å². The van der Waals surface area contributed by atoms with Crippen LogP contribution in [-0.2, 0) is 23.7 Å². The Bertz CT molecular complexity index is 2050. The summed E-state index contributed by atoms with van der Waals surface area (Å²) < 4.78 is 35.6. The Kier molecular flexibility index (Phi) is 9.55. The molecule has 0 bridgehead atoms. The first-order valence-corrected chi connectivity index (χ1v) is 16.2. The molecule has 0 spiro atoms. The number of carbonyl (C=O) groups is 5. The van der Waals surface area contributed by atoms with E-state index in [-0.39, 0.29) is 47.7 Å². The van der Waals surface area contributed by atoms with E-state index in [0.29, 0.717) is 32.6 Å². The van der Waals surface area contributed by atoms with E-state index < -0.39 is 41.5 Å². The zero-order valence-corrected chi connectivity index (χ0v) is 29.5. The van der Waals surface area contributed by atoms with Gasteiger partial charge in [0.2, 0.25) is 0 Å². The van der Waals surface area contributed by atoms with Gasteiger partial charge < -0.3 is 28.4 Å². The highest BCUT2D eigenvalue weighted by Crippen LogP contribution is 2.45. The van der Waals surface area contributed by atoms with Gasteiger partial charge in [0.15, 0.2) is 5.75 Å². The second-order valence-electron chi connectivity index (χ2n) is 13.3. The van der Waals surface area contributed by atoms with Crippen LogP contribution in [-0.4, -0.2) is 70.4 Å². The molecular weight excluding hydrogens is 648 g/mol. The molecule has 3 aromatic carbocycles. The standard InChI is InChI=1S/C37H40N2O11/c1-10-45-31(40)20-13-15-26-22(17-20)24-19-25-23-18-21(32(41)46-11-2)14-16-27(23)39(34(43)50-37(7,8)9)29(25)30(48-35(44)47-12-3)28(24)38(26)33(42)49-36(4,5)6/h13-19H,10-12H2,1-9H3. The summed E-state index contributed by atoms with van der Waals surface area (Å²) in [6.45, 7) is 15.4. The van der Waals surface area contributed by atoms with Crippen molar-refractivity contribution in [1.29, 1.82) is 0 Å². The molecule has 0 N–H and O–H groups in total. The summed E-state index contributed by atoms with van der Waals surface area (Å²) in [6, 6.07) is 11.0. The van der Waals surface area contributed by atoms with Gasteiger partial charge >= 0.3 is 30.3 Å². The largest absolute Gasteiger partial charge is 0.513 e. The number of nitrogens with zero attached hydrogens (tertiary/aromatic N) is 2. The van der Waals surface area contributed by atoms with Crippen LogP contribution < -0.4 is 4.74 Å². The van der Waals surface area contributed by atoms with E-state index in [9.17, 15) is 24.0 Å². The normalized spacial score (nSPS) is 11.9. The molecule has 13 heteroatoms. The fraction of sp³-hybridized carbons (Fsp3) is 0.378. The quantitative estimate of drug-likeness (QED) is 0.0961. The molecule has 0 atom stereocenters. The first-order chi connectivity index (χ1) is 23.5. The first-order valence-electron chi connectivity index (χ1n) is 16.2. The van der Waals surface area contributed by atoms with Gasteiger partial charge in [0.05, 0.1) is 42.0 Å². The zero-order valence-electron chi connectivity index (χ0n) is 29.5. The van der Waals surface area contributed by atoms with Crippen molar-refractivity contribution in [3.8, 4) is 5.75 Å². The van der Waals surface area contributed by atoms with E-state index in [4.69, 9.17) is 28.4 Å². The fourth-order valence-electron chi connectivity index (χ4n) is 5.63. The van der Waals surface area contributed by atoms with Crippen molar-refractivity contribution in [2.45, 2.75) is 73.5 Å². The lowest BCUT2D eigenvalue weighted by Gasteiger charge is -2.21. The third kappa shape index (κ3) is 6.80. The van der Waals surface area contributed by atoms with Crippen LogP contribution in [0.1, 0.15) is 83.0 Å². The van der Waals surface area contributed by atoms with Crippen LogP contribution in [0.25, 0.3) is 43.6 Å². The third-order valence-corrected chi connectivity index (χ3v) is 7.35. The number of esters is 2. The first kappa shape index (κ1) is 35.7. The molecule has 0 radical (unpaired) electrons. The monoisotopic (exact) mass is 688 g/mol. The van der Waals surface area contributed by atoms with Gasteiger partial charge in [-0.15, -0.1) is 0 Å². The van der Waals surface area contributed by atoms with Crippen LogP contribution in [0.15, 0.2) is 42.5 Å². The molecule has 2 aromatic heterocycles. The number of fused-ring (bicyclic) bond motifs is 6. The summed E-state index contributed by atoms with van der Waals surface area (Å²) in [5, 5.41) is 1.53. The van der Waals surface area contributed by atoms with Gasteiger partial charge in [-0.05, 0) is 105 Å². The summed E-state index contributed by atoms with van der Waals surface area (Å²) in [4.78, 5) is 67.0. The van der Waals surface area contributed by atoms with Crippen LogP contribution in [0.4, 0.5) is 14.4 Å². The average Bonchev–Trinajstić information content (AvgIpc) is 3.52. The fourth-order valence-corrected chi connectivity index (χ4v) is 5.63. The predicted molar refractivity (Wildman–Crippen MR) is 185 cm³/mol. The number of benzene rings is 3. The van der Waals surface area contributed by atoms with E-state index in [0.717, 1.165) is 0 Å². The number of aromatic nitrogens is 2. The molecule has 0 saturated carbocycles. The Morgan fingerprint density at radius 2 is 0.960 bits per heavy atom. The Morgan fingerprint density at radius 3 is 1.32 bits per heavy atom. The summed E-state index contributed by atoms with van der Waals surface area (Å²) in [5.41, 5.74) is -0.748. The summed E-state index contributed by atoms with van der Waals surface area (Å²) in [6.07, 6.45) is -2.75. The molecular formula is C37H40N2O11. The van der Waals surface area contributed by atoms with E-state index in [2.05, 4.69) is 0 Å². The highest BCUT2D eigenvalue weighted by Gasteiger charge is 2.32. The molecule has 0 fully saturated rings. The van der Waals surface area contributed by atoms with Gasteiger partial charge in [0.25, 0.3) is 0 Å². The molecule has 5 aromatic rings. The average molecular weight is 689 g/mol.